The maximum Gasteiger partial charge on any atom is 0.337 e. The molecule has 0 aliphatic carbocycles. The molecule has 3 rings (SSSR count). The zero-order chi connectivity index (χ0) is 18.0. The summed E-state index contributed by atoms with van der Waals surface area (Å²) in [6, 6.07) is 11.9. The molecule has 25 heavy (non-hydrogen) atoms. The van der Waals surface area contributed by atoms with Crippen LogP contribution in [0.25, 0.3) is 10.1 Å². The Labute approximate surface area is 151 Å². The summed E-state index contributed by atoms with van der Waals surface area (Å²) in [4.78, 5) is 16.6. The number of fused-ring (bicyclic) bond motifs is 1. The number of hydrogen-bond acceptors (Lipinski definition) is 4. The van der Waals surface area contributed by atoms with Gasteiger partial charge in [0.2, 0.25) is 0 Å². The minimum absolute atomic E-state index is 0.153. The van der Waals surface area contributed by atoms with Crippen LogP contribution in [0.3, 0.4) is 0 Å². The molecule has 5 heteroatoms. The molecule has 3 aromatic rings. The van der Waals surface area contributed by atoms with Crippen molar-refractivity contribution in [1.82, 2.24) is 4.98 Å². The van der Waals surface area contributed by atoms with E-state index in [1.165, 1.54) is 26.7 Å². The molecule has 0 amide bonds. The van der Waals surface area contributed by atoms with Crippen molar-refractivity contribution < 1.29 is 9.90 Å². The summed E-state index contributed by atoms with van der Waals surface area (Å²) in [5.41, 5.74) is 1.50. The van der Waals surface area contributed by atoms with Gasteiger partial charge >= 0.3 is 5.97 Å². The van der Waals surface area contributed by atoms with E-state index in [0.29, 0.717) is 11.7 Å². The predicted molar refractivity (Wildman–Crippen MR) is 104 cm³/mol. The summed E-state index contributed by atoms with van der Waals surface area (Å²) in [7, 11) is 0. The minimum atomic E-state index is -0.960. The van der Waals surface area contributed by atoms with E-state index in [2.05, 4.69) is 55.3 Å². The van der Waals surface area contributed by atoms with Gasteiger partial charge in [0.15, 0.2) is 0 Å². The summed E-state index contributed by atoms with van der Waals surface area (Å²) in [6.45, 7) is 6.58. The second-order valence-corrected chi connectivity index (χ2v) is 7.73. The van der Waals surface area contributed by atoms with Crippen molar-refractivity contribution in [3.8, 4) is 0 Å². The second-order valence-electron chi connectivity index (χ2n) is 6.65. The zero-order valence-corrected chi connectivity index (χ0v) is 15.4. The molecule has 0 saturated carbocycles. The first-order chi connectivity index (χ1) is 12.0. The highest BCUT2D eigenvalue weighted by molar-refractivity contribution is 7.19. The van der Waals surface area contributed by atoms with Crippen LogP contribution < -0.4 is 5.32 Å². The second kappa shape index (κ2) is 7.23. The van der Waals surface area contributed by atoms with Crippen molar-refractivity contribution in [2.45, 2.75) is 33.2 Å². The largest absolute Gasteiger partial charge is 0.478 e. The van der Waals surface area contributed by atoms with Crippen LogP contribution in [0.1, 0.15) is 47.1 Å². The first kappa shape index (κ1) is 17.4. The van der Waals surface area contributed by atoms with Crippen LogP contribution in [-0.4, -0.2) is 16.1 Å². The number of aromatic nitrogens is 1. The normalized spacial score (nSPS) is 12.5. The number of carboxylic acid groups (broad SMARTS) is 1. The third kappa shape index (κ3) is 3.82. The van der Waals surface area contributed by atoms with Crippen molar-refractivity contribution in [3.05, 3.63) is 58.6 Å². The van der Waals surface area contributed by atoms with Crippen LogP contribution in [0.5, 0.6) is 0 Å². The summed E-state index contributed by atoms with van der Waals surface area (Å²) in [6.07, 6.45) is 2.38. The number of nitrogens with zero attached hydrogens (tertiary/aromatic N) is 1. The Morgan fingerprint density at radius 2 is 2.00 bits per heavy atom. The molecule has 0 radical (unpaired) electrons. The molecule has 0 spiro atoms. The number of carboxylic acids is 1. The number of anilines is 1. The van der Waals surface area contributed by atoms with Gasteiger partial charge in [-0.2, -0.15) is 0 Å². The van der Waals surface area contributed by atoms with E-state index in [4.69, 9.17) is 5.11 Å². The van der Waals surface area contributed by atoms with Gasteiger partial charge < -0.3 is 10.4 Å². The van der Waals surface area contributed by atoms with E-state index in [1.807, 2.05) is 11.3 Å². The van der Waals surface area contributed by atoms with Gasteiger partial charge in [0.1, 0.15) is 5.82 Å². The molecular formula is C20H22N2O2S. The molecule has 0 bridgehead atoms. The average molecular weight is 354 g/mol. The third-order valence-corrected chi connectivity index (χ3v) is 5.62. The highest BCUT2D eigenvalue weighted by Gasteiger charge is 2.20. The lowest BCUT2D eigenvalue weighted by atomic mass is 9.99. The van der Waals surface area contributed by atoms with Crippen molar-refractivity contribution in [2.75, 3.05) is 5.32 Å². The van der Waals surface area contributed by atoms with Gasteiger partial charge in [-0.3, -0.25) is 0 Å². The van der Waals surface area contributed by atoms with Crippen molar-refractivity contribution in [1.29, 1.82) is 0 Å². The molecule has 0 fully saturated rings. The van der Waals surface area contributed by atoms with E-state index in [0.717, 1.165) is 6.42 Å². The smallest absolute Gasteiger partial charge is 0.337 e. The highest BCUT2D eigenvalue weighted by Crippen LogP contribution is 2.38. The Morgan fingerprint density at radius 3 is 2.60 bits per heavy atom. The summed E-state index contributed by atoms with van der Waals surface area (Å²) >= 11 is 1.82. The zero-order valence-electron chi connectivity index (χ0n) is 14.6. The quantitative estimate of drug-likeness (QED) is 0.613. The fourth-order valence-electron chi connectivity index (χ4n) is 3.01. The molecule has 0 saturated heterocycles. The Kier molecular flexibility index (Phi) is 5.04. The van der Waals surface area contributed by atoms with Crippen LogP contribution in [0, 0.1) is 12.8 Å². The van der Waals surface area contributed by atoms with Crippen LogP contribution >= 0.6 is 11.3 Å². The van der Waals surface area contributed by atoms with Crippen LogP contribution in [-0.2, 0) is 0 Å². The van der Waals surface area contributed by atoms with E-state index < -0.39 is 5.97 Å². The molecular weight excluding hydrogens is 332 g/mol. The molecule has 1 aromatic carbocycles. The highest BCUT2D eigenvalue weighted by atomic mass is 32.1. The SMILES string of the molecule is Cc1c(C(CC(C)C)Nc2ccc(C(=O)O)cn2)sc2ccccc12. The molecule has 0 aliphatic heterocycles. The first-order valence-corrected chi connectivity index (χ1v) is 9.21. The molecule has 2 N–H and O–H groups in total. The Hall–Kier alpha value is -2.40. The minimum Gasteiger partial charge on any atom is -0.478 e. The van der Waals surface area contributed by atoms with E-state index in [1.54, 1.807) is 12.1 Å². The van der Waals surface area contributed by atoms with Gasteiger partial charge in [0.05, 0.1) is 11.6 Å². The number of thiophene rings is 1. The molecule has 2 aromatic heterocycles. The van der Waals surface area contributed by atoms with Crippen LogP contribution in [0.15, 0.2) is 42.6 Å². The number of pyridine rings is 1. The number of hydrogen-bond donors (Lipinski definition) is 2. The molecule has 2 heterocycles. The van der Waals surface area contributed by atoms with Crippen molar-refractivity contribution in [3.63, 3.8) is 0 Å². The van der Waals surface area contributed by atoms with E-state index in [9.17, 15) is 4.79 Å². The van der Waals surface area contributed by atoms with E-state index in [-0.39, 0.29) is 11.6 Å². The van der Waals surface area contributed by atoms with Crippen molar-refractivity contribution in [2.24, 2.45) is 5.92 Å². The standard InChI is InChI=1S/C20H22N2O2S/c1-12(2)10-16(22-18-9-8-14(11-21-18)20(23)24)19-13(3)15-6-4-5-7-17(15)25-19/h4-9,11-12,16H,10H2,1-3H3,(H,21,22)(H,23,24). The summed E-state index contributed by atoms with van der Waals surface area (Å²) in [5, 5.41) is 13.8. The van der Waals surface area contributed by atoms with Crippen molar-refractivity contribution >= 4 is 33.2 Å². The Balaban J connectivity index is 1.93. The van der Waals surface area contributed by atoms with Gasteiger partial charge in [0, 0.05) is 15.8 Å². The fourth-order valence-corrected chi connectivity index (χ4v) is 4.29. The van der Waals surface area contributed by atoms with Gasteiger partial charge in [-0.1, -0.05) is 32.0 Å². The lowest BCUT2D eigenvalue weighted by Gasteiger charge is -2.21. The Morgan fingerprint density at radius 1 is 1.24 bits per heavy atom. The topological polar surface area (TPSA) is 62.2 Å². The maximum atomic E-state index is 11.0. The maximum absolute atomic E-state index is 11.0. The molecule has 1 unspecified atom stereocenters. The van der Waals surface area contributed by atoms with Gasteiger partial charge in [-0.15, -0.1) is 11.3 Å². The van der Waals surface area contributed by atoms with Crippen LogP contribution in [0.2, 0.25) is 0 Å². The number of benzene rings is 1. The fraction of sp³-hybridized carbons (Fsp3) is 0.300. The molecule has 1 atom stereocenters. The monoisotopic (exact) mass is 354 g/mol. The number of nitrogens with one attached hydrogen (secondary N) is 1. The molecule has 0 aliphatic rings. The molecule has 130 valence electrons. The average Bonchev–Trinajstić information content (AvgIpc) is 2.92. The third-order valence-electron chi connectivity index (χ3n) is 4.24. The van der Waals surface area contributed by atoms with Gasteiger partial charge in [-0.25, -0.2) is 9.78 Å². The molecule has 4 nitrogen and oxygen atoms in total. The summed E-state index contributed by atoms with van der Waals surface area (Å²) < 4.78 is 1.29. The first-order valence-electron chi connectivity index (χ1n) is 8.39. The summed E-state index contributed by atoms with van der Waals surface area (Å²) in [5.74, 6) is 0.269. The van der Waals surface area contributed by atoms with Crippen LogP contribution in [0.4, 0.5) is 5.82 Å². The predicted octanol–water partition coefficient (Wildman–Crippen LogP) is 5.50. The lowest BCUT2D eigenvalue weighted by Crippen LogP contribution is -2.14. The Bertz CT molecular complexity index is 884. The van der Waals surface area contributed by atoms with Gasteiger partial charge in [0.25, 0.3) is 0 Å². The lowest BCUT2D eigenvalue weighted by molar-refractivity contribution is 0.0696. The number of rotatable bonds is 6. The van der Waals surface area contributed by atoms with E-state index >= 15 is 0 Å². The number of aryl methyl sites for hydroxylation is 1. The van der Waals surface area contributed by atoms with Gasteiger partial charge in [-0.05, 0) is 48.4 Å². The number of carbonyl (C=O) groups is 1. The number of aromatic carboxylic acids is 1.